The first kappa shape index (κ1) is 22.2. The van der Waals surface area contributed by atoms with Gasteiger partial charge >= 0.3 is 5.97 Å². The lowest BCUT2D eigenvalue weighted by atomic mass is 10.1. The van der Waals surface area contributed by atoms with E-state index in [1.807, 2.05) is 43.3 Å². The second kappa shape index (κ2) is 9.99. The molecule has 0 bridgehead atoms. The van der Waals surface area contributed by atoms with Crippen molar-refractivity contribution in [2.24, 2.45) is 0 Å². The topological polar surface area (TPSA) is 88.6 Å². The molecule has 1 aromatic heterocycles. The second-order valence-corrected chi connectivity index (χ2v) is 7.82. The van der Waals surface area contributed by atoms with Crippen molar-refractivity contribution < 1.29 is 19.1 Å². The number of rotatable bonds is 7. The monoisotopic (exact) mass is 437 g/mol. The standard InChI is InChI=1S/C23H23N3O4S/c1-15-8-7-9-18(12-15)21(28)24-16(2)22(29)30-13-19-14-31-23(25-19)26(17(3)27)20-10-5-4-6-11-20/h4-12,14,16H,13H2,1-3H3,(H,24,28)/t16-/m1/s1. The van der Waals surface area contributed by atoms with Gasteiger partial charge in [0.1, 0.15) is 12.6 Å². The summed E-state index contributed by atoms with van der Waals surface area (Å²) < 4.78 is 5.30. The summed E-state index contributed by atoms with van der Waals surface area (Å²) in [5, 5.41) is 4.86. The summed E-state index contributed by atoms with van der Waals surface area (Å²) in [6.45, 7) is 4.87. The number of amides is 2. The molecule has 7 nitrogen and oxygen atoms in total. The lowest BCUT2D eigenvalue weighted by Gasteiger charge is -2.17. The van der Waals surface area contributed by atoms with E-state index in [0.717, 1.165) is 5.56 Å². The number of aryl methyl sites for hydroxylation is 1. The highest BCUT2D eigenvalue weighted by Crippen LogP contribution is 2.28. The van der Waals surface area contributed by atoms with Crippen LogP contribution in [0.15, 0.2) is 60.0 Å². The van der Waals surface area contributed by atoms with Gasteiger partial charge in [-0.25, -0.2) is 9.78 Å². The van der Waals surface area contributed by atoms with Gasteiger partial charge in [-0.3, -0.25) is 14.5 Å². The van der Waals surface area contributed by atoms with Crippen LogP contribution in [-0.4, -0.2) is 28.8 Å². The van der Waals surface area contributed by atoms with Crippen molar-refractivity contribution in [1.29, 1.82) is 0 Å². The van der Waals surface area contributed by atoms with Crippen LogP contribution in [0.25, 0.3) is 0 Å². The predicted molar refractivity (Wildman–Crippen MR) is 119 cm³/mol. The fourth-order valence-corrected chi connectivity index (χ4v) is 3.74. The van der Waals surface area contributed by atoms with E-state index in [9.17, 15) is 14.4 Å². The minimum atomic E-state index is -0.816. The van der Waals surface area contributed by atoms with Crippen LogP contribution >= 0.6 is 11.3 Å². The Bertz CT molecular complexity index is 1080. The molecule has 0 fully saturated rings. The Morgan fingerprint density at radius 1 is 1.13 bits per heavy atom. The zero-order chi connectivity index (χ0) is 22.4. The number of nitrogens with one attached hydrogen (secondary N) is 1. The molecule has 1 heterocycles. The van der Waals surface area contributed by atoms with Crippen molar-refractivity contribution >= 4 is 39.9 Å². The van der Waals surface area contributed by atoms with Gasteiger partial charge in [0.15, 0.2) is 5.13 Å². The first-order chi connectivity index (χ1) is 14.8. The quantitative estimate of drug-likeness (QED) is 0.565. The lowest BCUT2D eigenvalue weighted by Crippen LogP contribution is -2.39. The summed E-state index contributed by atoms with van der Waals surface area (Å²) in [4.78, 5) is 42.6. The maximum atomic E-state index is 12.3. The molecule has 1 atom stereocenters. The van der Waals surface area contributed by atoms with Crippen molar-refractivity contribution in [2.45, 2.75) is 33.4 Å². The fraction of sp³-hybridized carbons (Fsp3) is 0.217. The highest BCUT2D eigenvalue weighted by atomic mass is 32.1. The van der Waals surface area contributed by atoms with Gasteiger partial charge in [-0.1, -0.05) is 35.9 Å². The first-order valence-corrected chi connectivity index (χ1v) is 10.6. The number of nitrogens with zero attached hydrogens (tertiary/aromatic N) is 2. The SMILES string of the molecule is CC(=O)N(c1ccccc1)c1nc(COC(=O)[C@@H](C)NC(=O)c2cccc(C)c2)cs1. The third-order valence-electron chi connectivity index (χ3n) is 4.40. The number of thiazole rings is 1. The molecule has 0 unspecified atom stereocenters. The number of esters is 1. The molecule has 2 amide bonds. The Morgan fingerprint density at radius 2 is 1.87 bits per heavy atom. The van der Waals surface area contributed by atoms with Crippen molar-refractivity contribution in [3.05, 3.63) is 76.8 Å². The summed E-state index contributed by atoms with van der Waals surface area (Å²) in [7, 11) is 0. The smallest absolute Gasteiger partial charge is 0.328 e. The normalized spacial score (nSPS) is 11.5. The van der Waals surface area contributed by atoms with Gasteiger partial charge in [0.2, 0.25) is 5.91 Å². The average molecular weight is 438 g/mol. The molecule has 0 spiro atoms. The number of para-hydroxylation sites is 1. The van der Waals surface area contributed by atoms with Crippen LogP contribution in [0, 0.1) is 6.92 Å². The van der Waals surface area contributed by atoms with E-state index in [2.05, 4.69) is 10.3 Å². The molecule has 0 radical (unpaired) electrons. The van der Waals surface area contributed by atoms with E-state index >= 15 is 0 Å². The van der Waals surface area contributed by atoms with Gasteiger partial charge in [-0.05, 0) is 38.1 Å². The summed E-state index contributed by atoms with van der Waals surface area (Å²) in [6, 6.07) is 15.5. The highest BCUT2D eigenvalue weighted by Gasteiger charge is 2.20. The van der Waals surface area contributed by atoms with E-state index < -0.39 is 12.0 Å². The summed E-state index contributed by atoms with van der Waals surface area (Å²) >= 11 is 1.28. The summed E-state index contributed by atoms with van der Waals surface area (Å²) in [6.07, 6.45) is 0. The Labute approximate surface area is 184 Å². The third kappa shape index (κ3) is 5.76. The molecular weight excluding hydrogens is 414 g/mol. The van der Waals surface area contributed by atoms with Crippen molar-refractivity contribution in [1.82, 2.24) is 10.3 Å². The molecule has 0 saturated carbocycles. The molecule has 0 saturated heterocycles. The molecule has 0 aliphatic heterocycles. The van der Waals surface area contributed by atoms with Gasteiger partial charge in [0, 0.05) is 17.9 Å². The highest BCUT2D eigenvalue weighted by molar-refractivity contribution is 7.14. The summed E-state index contributed by atoms with van der Waals surface area (Å²) in [5.74, 6) is -1.08. The number of carbonyl (C=O) groups excluding carboxylic acids is 3. The third-order valence-corrected chi connectivity index (χ3v) is 5.28. The van der Waals surface area contributed by atoms with Crippen LogP contribution in [0.4, 0.5) is 10.8 Å². The molecule has 1 N–H and O–H groups in total. The van der Waals surface area contributed by atoms with E-state index in [1.165, 1.54) is 23.2 Å². The minimum absolute atomic E-state index is 0.0550. The Kier molecular flexibility index (Phi) is 7.15. The predicted octanol–water partition coefficient (Wildman–Crippen LogP) is 4.00. The van der Waals surface area contributed by atoms with Gasteiger partial charge in [-0.2, -0.15) is 0 Å². The molecule has 31 heavy (non-hydrogen) atoms. The van der Waals surface area contributed by atoms with E-state index in [4.69, 9.17) is 4.74 Å². The molecule has 0 aliphatic carbocycles. The molecule has 160 valence electrons. The van der Waals surface area contributed by atoms with Gasteiger partial charge in [-0.15, -0.1) is 11.3 Å². The number of carbonyl (C=O) groups is 3. The Morgan fingerprint density at radius 3 is 2.55 bits per heavy atom. The molecule has 3 aromatic rings. The largest absolute Gasteiger partial charge is 0.458 e. The van der Waals surface area contributed by atoms with Gasteiger partial charge in [0.25, 0.3) is 5.91 Å². The fourth-order valence-electron chi connectivity index (χ4n) is 2.86. The van der Waals surface area contributed by atoms with Crippen molar-refractivity contribution in [3.8, 4) is 0 Å². The van der Waals surface area contributed by atoms with Gasteiger partial charge < -0.3 is 10.1 Å². The van der Waals surface area contributed by atoms with E-state index in [0.29, 0.717) is 22.1 Å². The minimum Gasteiger partial charge on any atom is -0.458 e. The average Bonchev–Trinajstić information content (AvgIpc) is 3.20. The number of aromatic nitrogens is 1. The molecule has 2 aromatic carbocycles. The van der Waals surface area contributed by atoms with Crippen LogP contribution in [0.1, 0.15) is 35.5 Å². The van der Waals surface area contributed by atoms with Crippen LogP contribution in [0.2, 0.25) is 0 Å². The van der Waals surface area contributed by atoms with Crippen LogP contribution in [-0.2, 0) is 20.9 Å². The lowest BCUT2D eigenvalue weighted by molar-refractivity contribution is -0.146. The number of hydrogen-bond donors (Lipinski definition) is 1. The van der Waals surface area contributed by atoms with Crippen LogP contribution in [0.5, 0.6) is 0 Å². The van der Waals surface area contributed by atoms with Crippen molar-refractivity contribution in [3.63, 3.8) is 0 Å². The van der Waals surface area contributed by atoms with E-state index in [-0.39, 0.29) is 18.4 Å². The maximum Gasteiger partial charge on any atom is 0.328 e. The Hall–Kier alpha value is -3.52. The number of ether oxygens (including phenoxy) is 1. The first-order valence-electron chi connectivity index (χ1n) is 9.69. The van der Waals surface area contributed by atoms with Gasteiger partial charge in [0.05, 0.1) is 11.4 Å². The molecular formula is C23H23N3O4S. The number of benzene rings is 2. The molecule has 3 rings (SSSR count). The zero-order valence-electron chi connectivity index (χ0n) is 17.5. The zero-order valence-corrected chi connectivity index (χ0v) is 18.3. The molecule has 8 heteroatoms. The number of hydrogen-bond acceptors (Lipinski definition) is 6. The second-order valence-electron chi connectivity index (χ2n) is 6.98. The van der Waals surface area contributed by atoms with Crippen LogP contribution in [0.3, 0.4) is 0 Å². The van der Waals surface area contributed by atoms with Crippen LogP contribution < -0.4 is 10.2 Å². The Balaban J connectivity index is 1.59. The number of anilines is 2. The van der Waals surface area contributed by atoms with E-state index in [1.54, 1.807) is 30.5 Å². The van der Waals surface area contributed by atoms with Crippen molar-refractivity contribution in [2.75, 3.05) is 4.90 Å². The molecule has 0 aliphatic rings. The maximum absolute atomic E-state index is 12.3. The summed E-state index contributed by atoms with van der Waals surface area (Å²) in [5.41, 5.74) is 2.67.